The standard InChI is InChI=1S/C20H17NO2/c1-14-19(15(2)22)12-13-20(21-14)16-8-10-18(11-9-16)23-17-6-4-3-5-7-17/h3-13H,1-2H3. The molecule has 0 saturated carbocycles. The number of rotatable bonds is 4. The molecule has 114 valence electrons. The van der Waals surface area contributed by atoms with E-state index in [1.54, 1.807) is 6.92 Å². The Hall–Kier alpha value is -2.94. The number of carbonyl (C=O) groups excluding carboxylic acids is 1. The van der Waals surface area contributed by atoms with Crippen LogP contribution >= 0.6 is 0 Å². The van der Waals surface area contributed by atoms with E-state index in [0.717, 1.165) is 28.5 Å². The second-order valence-electron chi connectivity index (χ2n) is 5.33. The van der Waals surface area contributed by atoms with Crippen LogP contribution in [0.1, 0.15) is 23.0 Å². The third-order valence-corrected chi connectivity index (χ3v) is 3.59. The van der Waals surface area contributed by atoms with E-state index in [2.05, 4.69) is 4.98 Å². The summed E-state index contributed by atoms with van der Waals surface area (Å²) in [6.45, 7) is 3.41. The van der Waals surface area contributed by atoms with Crippen LogP contribution in [0, 0.1) is 6.92 Å². The minimum absolute atomic E-state index is 0.0353. The van der Waals surface area contributed by atoms with E-state index >= 15 is 0 Å². The second kappa shape index (κ2) is 6.44. The van der Waals surface area contributed by atoms with Crippen molar-refractivity contribution in [3.8, 4) is 22.8 Å². The Morgan fingerprint density at radius 1 is 0.870 bits per heavy atom. The molecule has 0 atom stereocenters. The van der Waals surface area contributed by atoms with Crippen molar-refractivity contribution in [1.82, 2.24) is 4.98 Å². The first-order chi connectivity index (χ1) is 11.1. The van der Waals surface area contributed by atoms with Gasteiger partial charge in [0.2, 0.25) is 0 Å². The lowest BCUT2D eigenvalue weighted by Gasteiger charge is -2.08. The van der Waals surface area contributed by atoms with Gasteiger partial charge < -0.3 is 4.74 Å². The third-order valence-electron chi connectivity index (χ3n) is 3.59. The van der Waals surface area contributed by atoms with Gasteiger partial charge in [-0.2, -0.15) is 0 Å². The summed E-state index contributed by atoms with van der Waals surface area (Å²) in [5, 5.41) is 0. The number of ether oxygens (including phenoxy) is 1. The van der Waals surface area contributed by atoms with Crippen molar-refractivity contribution in [2.24, 2.45) is 0 Å². The molecule has 0 saturated heterocycles. The molecule has 2 aromatic carbocycles. The quantitative estimate of drug-likeness (QED) is 0.633. The lowest BCUT2D eigenvalue weighted by molar-refractivity contribution is 0.101. The van der Waals surface area contributed by atoms with E-state index in [0.29, 0.717) is 5.56 Å². The zero-order valence-electron chi connectivity index (χ0n) is 13.1. The van der Waals surface area contributed by atoms with Gasteiger partial charge >= 0.3 is 0 Å². The summed E-state index contributed by atoms with van der Waals surface area (Å²) in [6, 6.07) is 21.1. The molecule has 23 heavy (non-hydrogen) atoms. The summed E-state index contributed by atoms with van der Waals surface area (Å²) in [4.78, 5) is 16.0. The maximum Gasteiger partial charge on any atom is 0.161 e. The number of benzene rings is 2. The summed E-state index contributed by atoms with van der Waals surface area (Å²) in [6.07, 6.45) is 0. The van der Waals surface area contributed by atoms with Crippen LogP contribution in [-0.4, -0.2) is 10.8 Å². The molecule has 3 aromatic rings. The number of Topliss-reactive ketones (excluding diaryl/α,β-unsaturated/α-hetero) is 1. The number of aryl methyl sites for hydroxylation is 1. The van der Waals surface area contributed by atoms with Crippen molar-refractivity contribution < 1.29 is 9.53 Å². The van der Waals surface area contributed by atoms with E-state index in [1.807, 2.05) is 73.7 Å². The van der Waals surface area contributed by atoms with Crippen molar-refractivity contribution in [3.63, 3.8) is 0 Å². The fraction of sp³-hybridized carbons (Fsp3) is 0.100. The summed E-state index contributed by atoms with van der Waals surface area (Å²) < 4.78 is 5.78. The lowest BCUT2D eigenvalue weighted by atomic mass is 10.1. The Bertz CT molecular complexity index is 824. The van der Waals surface area contributed by atoms with E-state index < -0.39 is 0 Å². The van der Waals surface area contributed by atoms with Crippen molar-refractivity contribution in [2.75, 3.05) is 0 Å². The van der Waals surface area contributed by atoms with E-state index in [1.165, 1.54) is 0 Å². The maximum absolute atomic E-state index is 11.5. The van der Waals surface area contributed by atoms with Crippen molar-refractivity contribution in [1.29, 1.82) is 0 Å². The molecule has 0 aliphatic rings. The van der Waals surface area contributed by atoms with Crippen LogP contribution in [0.3, 0.4) is 0 Å². The molecule has 0 amide bonds. The number of carbonyl (C=O) groups is 1. The number of nitrogens with zero attached hydrogens (tertiary/aromatic N) is 1. The van der Waals surface area contributed by atoms with Crippen LogP contribution in [0.5, 0.6) is 11.5 Å². The Labute approximate surface area is 135 Å². The molecule has 0 N–H and O–H groups in total. The number of ketones is 1. The van der Waals surface area contributed by atoms with Gasteiger partial charge in [0.05, 0.1) is 5.69 Å². The van der Waals surface area contributed by atoms with Gasteiger partial charge in [0, 0.05) is 16.8 Å². The zero-order valence-corrected chi connectivity index (χ0v) is 13.1. The normalized spacial score (nSPS) is 10.3. The van der Waals surface area contributed by atoms with Crippen molar-refractivity contribution >= 4 is 5.78 Å². The SMILES string of the molecule is CC(=O)c1ccc(-c2ccc(Oc3ccccc3)cc2)nc1C. The molecule has 0 radical (unpaired) electrons. The van der Waals surface area contributed by atoms with Crippen molar-refractivity contribution in [3.05, 3.63) is 78.0 Å². The first kappa shape index (κ1) is 15.0. The van der Waals surface area contributed by atoms with Crippen LogP contribution in [0.15, 0.2) is 66.7 Å². The van der Waals surface area contributed by atoms with Gasteiger partial charge in [0.25, 0.3) is 0 Å². The molecular formula is C20H17NO2. The highest BCUT2D eigenvalue weighted by Crippen LogP contribution is 2.25. The summed E-state index contributed by atoms with van der Waals surface area (Å²) >= 11 is 0. The molecule has 0 spiro atoms. The first-order valence-electron chi connectivity index (χ1n) is 7.45. The van der Waals surface area contributed by atoms with Crippen LogP contribution in [0.25, 0.3) is 11.3 Å². The predicted molar refractivity (Wildman–Crippen MR) is 90.9 cm³/mol. The van der Waals surface area contributed by atoms with Crippen molar-refractivity contribution in [2.45, 2.75) is 13.8 Å². The smallest absolute Gasteiger partial charge is 0.161 e. The van der Waals surface area contributed by atoms with Gasteiger partial charge in [-0.05, 0) is 62.4 Å². The molecule has 0 aliphatic heterocycles. The summed E-state index contributed by atoms with van der Waals surface area (Å²) in [5.41, 5.74) is 3.25. The number of pyridine rings is 1. The third kappa shape index (κ3) is 3.46. The highest BCUT2D eigenvalue weighted by Gasteiger charge is 2.07. The monoisotopic (exact) mass is 303 g/mol. The topological polar surface area (TPSA) is 39.2 Å². The molecule has 0 aliphatic carbocycles. The molecule has 0 bridgehead atoms. The van der Waals surface area contributed by atoms with Gasteiger partial charge in [0.15, 0.2) is 5.78 Å². The molecule has 1 aromatic heterocycles. The second-order valence-corrected chi connectivity index (χ2v) is 5.33. The number of aromatic nitrogens is 1. The molecule has 3 rings (SSSR count). The minimum Gasteiger partial charge on any atom is -0.457 e. The van der Waals surface area contributed by atoms with Gasteiger partial charge in [-0.15, -0.1) is 0 Å². The number of hydrogen-bond donors (Lipinski definition) is 0. The highest BCUT2D eigenvalue weighted by atomic mass is 16.5. The van der Waals surface area contributed by atoms with E-state index in [4.69, 9.17) is 4.74 Å². The Morgan fingerprint density at radius 3 is 2.13 bits per heavy atom. The van der Waals surface area contributed by atoms with Crippen LogP contribution in [0.4, 0.5) is 0 Å². The molecule has 3 heteroatoms. The molecule has 1 heterocycles. The molecule has 0 unspecified atom stereocenters. The average Bonchev–Trinajstić information content (AvgIpc) is 2.56. The zero-order chi connectivity index (χ0) is 16.2. The van der Waals surface area contributed by atoms with Gasteiger partial charge in [-0.3, -0.25) is 9.78 Å². The van der Waals surface area contributed by atoms with Gasteiger partial charge in [-0.1, -0.05) is 18.2 Å². The molecule has 0 fully saturated rings. The Kier molecular flexibility index (Phi) is 4.20. The van der Waals surface area contributed by atoms with E-state index in [9.17, 15) is 4.79 Å². The van der Waals surface area contributed by atoms with E-state index in [-0.39, 0.29) is 5.78 Å². The fourth-order valence-corrected chi connectivity index (χ4v) is 2.41. The van der Waals surface area contributed by atoms with Crippen LogP contribution in [-0.2, 0) is 0 Å². The summed E-state index contributed by atoms with van der Waals surface area (Å²) in [7, 11) is 0. The van der Waals surface area contributed by atoms with Crippen LogP contribution < -0.4 is 4.74 Å². The Balaban J connectivity index is 1.82. The average molecular weight is 303 g/mol. The van der Waals surface area contributed by atoms with Gasteiger partial charge in [0.1, 0.15) is 11.5 Å². The first-order valence-corrected chi connectivity index (χ1v) is 7.45. The number of para-hydroxylation sites is 1. The maximum atomic E-state index is 11.5. The lowest BCUT2D eigenvalue weighted by Crippen LogP contribution is -1.99. The minimum atomic E-state index is 0.0353. The largest absolute Gasteiger partial charge is 0.457 e. The summed E-state index contributed by atoms with van der Waals surface area (Å²) in [5.74, 6) is 1.62. The fourth-order valence-electron chi connectivity index (χ4n) is 2.41. The molecular weight excluding hydrogens is 286 g/mol. The number of hydrogen-bond acceptors (Lipinski definition) is 3. The van der Waals surface area contributed by atoms with Gasteiger partial charge in [-0.25, -0.2) is 0 Å². The Morgan fingerprint density at radius 2 is 1.52 bits per heavy atom. The molecule has 3 nitrogen and oxygen atoms in total. The van der Waals surface area contributed by atoms with Crippen LogP contribution in [0.2, 0.25) is 0 Å². The highest BCUT2D eigenvalue weighted by molar-refractivity contribution is 5.95. The predicted octanol–water partition coefficient (Wildman–Crippen LogP) is 5.05.